The van der Waals surface area contributed by atoms with Gasteiger partial charge in [-0.25, -0.2) is 0 Å². The minimum Gasteiger partial charge on any atom is -0.352 e. The maximum Gasteiger partial charge on any atom is 0.226 e. The first-order chi connectivity index (χ1) is 18.5. The first-order valence-corrected chi connectivity index (χ1v) is 13.5. The molecule has 2 aromatic carbocycles. The Morgan fingerprint density at radius 1 is 1.03 bits per heavy atom. The van der Waals surface area contributed by atoms with Crippen LogP contribution in [0.15, 0.2) is 85.1 Å². The van der Waals surface area contributed by atoms with Crippen LogP contribution in [-0.4, -0.2) is 32.0 Å². The van der Waals surface area contributed by atoms with Gasteiger partial charge in [-0.05, 0) is 86.1 Å². The molecule has 0 spiro atoms. The summed E-state index contributed by atoms with van der Waals surface area (Å²) in [5.41, 5.74) is 7.66. The van der Waals surface area contributed by atoms with Gasteiger partial charge in [-0.1, -0.05) is 43.3 Å². The van der Waals surface area contributed by atoms with Crippen molar-refractivity contribution in [2.45, 2.75) is 45.7 Å². The number of pyridine rings is 1. The van der Waals surface area contributed by atoms with Crippen LogP contribution in [0.25, 0.3) is 5.69 Å². The van der Waals surface area contributed by atoms with Crippen LogP contribution in [0.4, 0.5) is 5.69 Å². The molecule has 0 saturated carbocycles. The molecule has 1 aliphatic rings. The number of aromatic nitrogens is 2. The zero-order valence-electron chi connectivity index (χ0n) is 22.0. The molecule has 4 aromatic rings. The molecule has 1 saturated heterocycles. The van der Waals surface area contributed by atoms with Gasteiger partial charge in [0.05, 0.1) is 17.8 Å². The van der Waals surface area contributed by atoms with Crippen LogP contribution in [-0.2, 0) is 11.2 Å². The molecule has 1 fully saturated rings. The zero-order valence-corrected chi connectivity index (χ0v) is 22.8. The van der Waals surface area contributed by atoms with Crippen molar-refractivity contribution in [1.82, 2.24) is 19.8 Å². The number of benzene rings is 2. The number of carbonyl (C=O) groups is 1. The van der Waals surface area contributed by atoms with E-state index in [1.807, 2.05) is 54.7 Å². The fourth-order valence-electron chi connectivity index (χ4n) is 5.32. The molecule has 0 radical (unpaired) electrons. The predicted molar refractivity (Wildman–Crippen MR) is 156 cm³/mol. The summed E-state index contributed by atoms with van der Waals surface area (Å²) in [5, 5.41) is 7.13. The second kappa shape index (κ2) is 11.2. The molecule has 7 heteroatoms. The summed E-state index contributed by atoms with van der Waals surface area (Å²) in [5.74, 6) is -0.0412. The van der Waals surface area contributed by atoms with Gasteiger partial charge in [-0.15, -0.1) is 0 Å². The van der Waals surface area contributed by atoms with Crippen LogP contribution < -0.4 is 10.6 Å². The number of carbonyl (C=O) groups excluding carboxylic acids is 1. The lowest BCUT2D eigenvalue weighted by molar-refractivity contribution is -0.116. The Labute approximate surface area is 229 Å². The van der Waals surface area contributed by atoms with E-state index in [2.05, 4.69) is 76.2 Å². The zero-order chi connectivity index (χ0) is 26.6. The molecule has 2 aromatic heterocycles. The van der Waals surface area contributed by atoms with E-state index < -0.39 is 0 Å². The number of aryl methyl sites for hydroxylation is 2. The summed E-state index contributed by atoms with van der Waals surface area (Å²) < 4.78 is 2.30. The molecule has 0 bridgehead atoms. The van der Waals surface area contributed by atoms with E-state index in [0.717, 1.165) is 34.9 Å². The van der Waals surface area contributed by atoms with E-state index >= 15 is 0 Å². The van der Waals surface area contributed by atoms with Crippen molar-refractivity contribution in [3.8, 4) is 5.69 Å². The Bertz CT molecular complexity index is 1420. The Hall–Kier alpha value is -3.97. The molecule has 3 heterocycles. The van der Waals surface area contributed by atoms with Gasteiger partial charge in [-0.2, -0.15) is 0 Å². The van der Waals surface area contributed by atoms with Gasteiger partial charge in [0.2, 0.25) is 5.91 Å². The number of hydrogen-bond acceptors (Lipinski definition) is 3. The van der Waals surface area contributed by atoms with Gasteiger partial charge < -0.3 is 20.1 Å². The highest BCUT2D eigenvalue weighted by Gasteiger charge is 2.41. The molecule has 0 aliphatic carbocycles. The second-order valence-electron chi connectivity index (χ2n) is 9.67. The molecule has 2 unspecified atom stereocenters. The van der Waals surface area contributed by atoms with Gasteiger partial charge >= 0.3 is 0 Å². The molecule has 2 atom stereocenters. The Morgan fingerprint density at radius 2 is 1.76 bits per heavy atom. The van der Waals surface area contributed by atoms with Crippen LogP contribution in [0, 0.1) is 13.8 Å². The smallest absolute Gasteiger partial charge is 0.226 e. The monoisotopic (exact) mass is 523 g/mol. The lowest BCUT2D eigenvalue weighted by Gasteiger charge is -2.28. The van der Waals surface area contributed by atoms with Crippen molar-refractivity contribution >= 4 is 28.9 Å². The molecule has 194 valence electrons. The fraction of sp³-hybridized carbons (Fsp3) is 0.258. The van der Waals surface area contributed by atoms with E-state index in [0.29, 0.717) is 18.1 Å². The summed E-state index contributed by atoms with van der Waals surface area (Å²) in [6.07, 6.45) is 3.14. The Kier molecular flexibility index (Phi) is 7.56. The standard InChI is InChI=1S/C31H33N5OS/c1-4-23-13-15-25(16-14-23)36-21(2)20-26(22(36)3)30-29(27-12-8-9-18-32-27)34-31(38)35(30)19-17-28(37)33-24-10-6-5-7-11-24/h5-16,18,20,29-30H,4,17,19H2,1-3H3,(H,33,37)(H,34,38). The summed E-state index contributed by atoms with van der Waals surface area (Å²) >= 11 is 5.83. The molecule has 2 N–H and O–H groups in total. The molecule has 1 aliphatic heterocycles. The van der Waals surface area contributed by atoms with E-state index in [-0.39, 0.29) is 18.0 Å². The van der Waals surface area contributed by atoms with Crippen LogP contribution in [0.2, 0.25) is 0 Å². The predicted octanol–water partition coefficient (Wildman–Crippen LogP) is 6.05. The number of amides is 1. The van der Waals surface area contributed by atoms with Crippen LogP contribution in [0.3, 0.4) is 0 Å². The maximum absolute atomic E-state index is 12.8. The number of hydrogen-bond donors (Lipinski definition) is 2. The van der Waals surface area contributed by atoms with Crippen molar-refractivity contribution in [2.75, 3.05) is 11.9 Å². The molecule has 6 nitrogen and oxygen atoms in total. The number of nitrogens with zero attached hydrogens (tertiary/aromatic N) is 3. The largest absolute Gasteiger partial charge is 0.352 e. The molecule has 38 heavy (non-hydrogen) atoms. The average Bonchev–Trinajstić information content (AvgIpc) is 3.42. The lowest BCUT2D eigenvalue weighted by Crippen LogP contribution is -2.32. The Balaban J connectivity index is 1.47. The van der Waals surface area contributed by atoms with Crippen molar-refractivity contribution in [3.63, 3.8) is 0 Å². The van der Waals surface area contributed by atoms with Crippen molar-refractivity contribution in [3.05, 3.63) is 113 Å². The van der Waals surface area contributed by atoms with Gasteiger partial charge in [0.15, 0.2) is 5.11 Å². The Morgan fingerprint density at radius 3 is 2.45 bits per heavy atom. The summed E-state index contributed by atoms with van der Waals surface area (Å²) in [6, 6.07) is 26.2. The van der Waals surface area contributed by atoms with Crippen LogP contribution in [0.1, 0.15) is 53.6 Å². The van der Waals surface area contributed by atoms with Crippen LogP contribution in [0.5, 0.6) is 0 Å². The average molecular weight is 524 g/mol. The first-order valence-electron chi connectivity index (χ1n) is 13.1. The minimum absolute atomic E-state index is 0.0412. The second-order valence-corrected chi connectivity index (χ2v) is 10.1. The normalized spacial score (nSPS) is 16.9. The van der Waals surface area contributed by atoms with Crippen molar-refractivity contribution in [1.29, 1.82) is 0 Å². The highest BCUT2D eigenvalue weighted by molar-refractivity contribution is 7.80. The maximum atomic E-state index is 12.8. The fourth-order valence-corrected chi connectivity index (χ4v) is 5.65. The number of nitrogens with one attached hydrogen (secondary N) is 2. The van der Waals surface area contributed by atoms with E-state index in [9.17, 15) is 4.79 Å². The van der Waals surface area contributed by atoms with Gasteiger partial charge in [0, 0.05) is 41.9 Å². The quantitative estimate of drug-likeness (QED) is 0.275. The SMILES string of the molecule is CCc1ccc(-n2c(C)cc(C3C(c4ccccn4)NC(=S)N3CCC(=O)Nc3ccccc3)c2C)cc1. The number of thiocarbonyl (C=S) groups is 1. The third-order valence-corrected chi connectivity index (χ3v) is 7.58. The first kappa shape index (κ1) is 25.7. The third kappa shape index (κ3) is 5.20. The van der Waals surface area contributed by atoms with E-state index in [1.165, 1.54) is 11.1 Å². The molecule has 1 amide bonds. The minimum atomic E-state index is -0.127. The van der Waals surface area contributed by atoms with Gasteiger partial charge in [0.25, 0.3) is 0 Å². The number of para-hydroxylation sites is 1. The third-order valence-electron chi connectivity index (χ3n) is 7.23. The number of anilines is 1. The highest BCUT2D eigenvalue weighted by Crippen LogP contribution is 2.41. The summed E-state index contributed by atoms with van der Waals surface area (Å²) in [4.78, 5) is 19.6. The lowest BCUT2D eigenvalue weighted by atomic mass is 9.96. The topological polar surface area (TPSA) is 62.2 Å². The summed E-state index contributed by atoms with van der Waals surface area (Å²) in [6.45, 7) is 6.96. The van der Waals surface area contributed by atoms with E-state index in [4.69, 9.17) is 12.2 Å². The molecule has 5 rings (SSSR count). The van der Waals surface area contributed by atoms with E-state index in [1.54, 1.807) is 0 Å². The van der Waals surface area contributed by atoms with Crippen LogP contribution >= 0.6 is 12.2 Å². The van der Waals surface area contributed by atoms with Gasteiger partial charge in [-0.3, -0.25) is 9.78 Å². The molecular formula is C31H33N5OS. The van der Waals surface area contributed by atoms with Gasteiger partial charge in [0.1, 0.15) is 0 Å². The van der Waals surface area contributed by atoms with Crippen molar-refractivity contribution in [2.24, 2.45) is 0 Å². The molecular weight excluding hydrogens is 490 g/mol. The summed E-state index contributed by atoms with van der Waals surface area (Å²) in [7, 11) is 0. The highest BCUT2D eigenvalue weighted by atomic mass is 32.1. The number of rotatable bonds is 8. The van der Waals surface area contributed by atoms with Crippen molar-refractivity contribution < 1.29 is 4.79 Å².